The number of amides is 3. The molecule has 2 rings (SSSR count). The molecule has 6 heteroatoms. The molecule has 23 heavy (non-hydrogen) atoms. The van der Waals surface area contributed by atoms with E-state index in [1.165, 1.54) is 0 Å². The van der Waals surface area contributed by atoms with Crippen LogP contribution in [0, 0.1) is 5.92 Å². The summed E-state index contributed by atoms with van der Waals surface area (Å²) in [5, 5.41) is 5.51. The van der Waals surface area contributed by atoms with Gasteiger partial charge in [-0.3, -0.25) is 4.79 Å². The number of hydrogen-bond donors (Lipinski definition) is 3. The van der Waals surface area contributed by atoms with Gasteiger partial charge in [0.25, 0.3) is 5.91 Å². The van der Waals surface area contributed by atoms with E-state index in [-0.39, 0.29) is 24.0 Å². The second-order valence-corrected chi connectivity index (χ2v) is 6.48. The van der Waals surface area contributed by atoms with Gasteiger partial charge in [0.15, 0.2) is 0 Å². The lowest BCUT2D eigenvalue weighted by Gasteiger charge is -2.22. The van der Waals surface area contributed by atoms with E-state index in [2.05, 4.69) is 10.6 Å². The van der Waals surface area contributed by atoms with Crippen LogP contribution in [-0.4, -0.2) is 42.0 Å². The summed E-state index contributed by atoms with van der Waals surface area (Å²) in [7, 11) is 0. The number of hydrogen-bond acceptors (Lipinski definition) is 3. The van der Waals surface area contributed by atoms with Crippen molar-refractivity contribution in [2.24, 2.45) is 11.7 Å². The van der Waals surface area contributed by atoms with Crippen LogP contribution >= 0.6 is 0 Å². The fourth-order valence-corrected chi connectivity index (χ4v) is 2.92. The number of nitrogens with two attached hydrogens (primary N) is 1. The molecular weight excluding hydrogens is 292 g/mol. The van der Waals surface area contributed by atoms with Crippen molar-refractivity contribution < 1.29 is 9.59 Å². The molecule has 1 aromatic carbocycles. The smallest absolute Gasteiger partial charge is 0.319 e. The molecule has 6 nitrogen and oxygen atoms in total. The van der Waals surface area contributed by atoms with E-state index in [0.29, 0.717) is 30.3 Å². The van der Waals surface area contributed by atoms with Crippen LogP contribution in [-0.2, 0) is 0 Å². The highest BCUT2D eigenvalue weighted by atomic mass is 16.2. The van der Waals surface area contributed by atoms with Crippen molar-refractivity contribution in [2.45, 2.75) is 39.3 Å². The van der Waals surface area contributed by atoms with E-state index in [1.54, 1.807) is 24.3 Å². The van der Waals surface area contributed by atoms with Gasteiger partial charge in [0.2, 0.25) is 0 Å². The Morgan fingerprint density at radius 2 is 2.13 bits per heavy atom. The van der Waals surface area contributed by atoms with Crippen LogP contribution in [0.3, 0.4) is 0 Å². The Bertz CT molecular complexity index is 573. The first-order chi connectivity index (χ1) is 10.9. The number of anilines is 1. The molecule has 1 saturated heterocycles. The second-order valence-electron chi connectivity index (χ2n) is 6.48. The molecule has 1 aliphatic rings. The van der Waals surface area contributed by atoms with Gasteiger partial charge >= 0.3 is 6.03 Å². The summed E-state index contributed by atoms with van der Waals surface area (Å²) in [5.74, 6) is 0.355. The minimum Gasteiger partial charge on any atom is -0.336 e. The van der Waals surface area contributed by atoms with Crippen LogP contribution in [0.5, 0.6) is 0 Å². The molecule has 0 radical (unpaired) electrons. The normalized spacial score (nSPS) is 20.7. The monoisotopic (exact) mass is 318 g/mol. The summed E-state index contributed by atoms with van der Waals surface area (Å²) in [5.41, 5.74) is 6.91. The first-order valence-electron chi connectivity index (χ1n) is 8.09. The number of benzene rings is 1. The van der Waals surface area contributed by atoms with Crippen molar-refractivity contribution >= 4 is 17.6 Å². The maximum atomic E-state index is 12.7. The summed E-state index contributed by atoms with van der Waals surface area (Å²) in [6.07, 6.45) is 0.941. The number of urea groups is 1. The zero-order valence-corrected chi connectivity index (χ0v) is 14.0. The molecule has 2 atom stereocenters. The molecule has 0 aliphatic carbocycles. The Labute approximate surface area is 137 Å². The number of rotatable bonds is 4. The molecule has 1 fully saturated rings. The Morgan fingerprint density at radius 3 is 2.74 bits per heavy atom. The fourth-order valence-electron chi connectivity index (χ4n) is 2.92. The third-order valence-corrected chi connectivity index (χ3v) is 4.04. The van der Waals surface area contributed by atoms with Crippen LogP contribution in [0.2, 0.25) is 0 Å². The van der Waals surface area contributed by atoms with Crippen molar-refractivity contribution in [1.82, 2.24) is 10.2 Å². The standard InChI is InChI=1S/C17H26N4O2/c1-11(2)19-17(23)20-15-6-4-5-14(8-15)16(22)21-10-13(9-18)7-12(21)3/h4-6,8,11-13H,7,9-10,18H2,1-3H3,(H2,19,20,23). The maximum Gasteiger partial charge on any atom is 0.319 e. The first-order valence-corrected chi connectivity index (χ1v) is 8.09. The van der Waals surface area contributed by atoms with Crippen molar-refractivity contribution in [2.75, 3.05) is 18.4 Å². The molecule has 1 aromatic rings. The van der Waals surface area contributed by atoms with Crippen molar-refractivity contribution in [1.29, 1.82) is 0 Å². The van der Waals surface area contributed by atoms with Gasteiger partial charge in [0, 0.05) is 29.9 Å². The average molecular weight is 318 g/mol. The van der Waals surface area contributed by atoms with Crippen LogP contribution in [0.1, 0.15) is 37.6 Å². The summed E-state index contributed by atoms with van der Waals surface area (Å²) in [4.78, 5) is 26.3. The minimum absolute atomic E-state index is 0.0126. The minimum atomic E-state index is -0.276. The Kier molecular flexibility index (Phi) is 5.60. The lowest BCUT2D eigenvalue weighted by Crippen LogP contribution is -2.35. The van der Waals surface area contributed by atoms with Crippen LogP contribution in [0.15, 0.2) is 24.3 Å². The molecule has 4 N–H and O–H groups in total. The second kappa shape index (κ2) is 7.46. The molecule has 0 bridgehead atoms. The summed E-state index contributed by atoms with van der Waals surface area (Å²) >= 11 is 0. The van der Waals surface area contributed by atoms with Crippen LogP contribution in [0.4, 0.5) is 10.5 Å². The van der Waals surface area contributed by atoms with Gasteiger partial charge in [-0.15, -0.1) is 0 Å². The van der Waals surface area contributed by atoms with Crippen molar-refractivity contribution in [3.05, 3.63) is 29.8 Å². The summed E-state index contributed by atoms with van der Waals surface area (Å²) < 4.78 is 0. The average Bonchev–Trinajstić information content (AvgIpc) is 2.87. The van der Waals surface area contributed by atoms with Crippen molar-refractivity contribution in [3.8, 4) is 0 Å². The highest BCUT2D eigenvalue weighted by Gasteiger charge is 2.32. The predicted molar refractivity (Wildman–Crippen MR) is 91.4 cm³/mol. The zero-order chi connectivity index (χ0) is 17.0. The van der Waals surface area contributed by atoms with Crippen LogP contribution in [0.25, 0.3) is 0 Å². The molecule has 2 unspecified atom stereocenters. The molecule has 3 amide bonds. The van der Waals surface area contributed by atoms with E-state index in [1.807, 2.05) is 25.7 Å². The number of likely N-dealkylation sites (tertiary alicyclic amines) is 1. The molecule has 1 aliphatic heterocycles. The van der Waals surface area contributed by atoms with E-state index in [4.69, 9.17) is 5.73 Å². The highest BCUT2D eigenvalue weighted by Crippen LogP contribution is 2.24. The van der Waals surface area contributed by atoms with Gasteiger partial charge in [-0.05, 0) is 57.9 Å². The molecule has 1 heterocycles. The Balaban J connectivity index is 2.07. The first kappa shape index (κ1) is 17.3. The van der Waals surface area contributed by atoms with E-state index in [9.17, 15) is 9.59 Å². The van der Waals surface area contributed by atoms with Gasteiger partial charge < -0.3 is 21.3 Å². The van der Waals surface area contributed by atoms with Gasteiger partial charge in [0.05, 0.1) is 0 Å². The lowest BCUT2D eigenvalue weighted by molar-refractivity contribution is 0.0743. The van der Waals surface area contributed by atoms with Gasteiger partial charge in [-0.25, -0.2) is 4.79 Å². The maximum absolute atomic E-state index is 12.7. The third kappa shape index (κ3) is 4.45. The zero-order valence-electron chi connectivity index (χ0n) is 14.0. The SMILES string of the molecule is CC(C)NC(=O)Nc1cccc(C(=O)N2CC(CN)CC2C)c1. The Hall–Kier alpha value is -2.08. The largest absolute Gasteiger partial charge is 0.336 e. The molecule has 0 spiro atoms. The quantitative estimate of drug-likeness (QED) is 0.794. The number of carbonyl (C=O) groups excluding carboxylic acids is 2. The summed E-state index contributed by atoms with van der Waals surface area (Å²) in [6.45, 7) is 7.13. The van der Waals surface area contributed by atoms with Gasteiger partial charge in [0.1, 0.15) is 0 Å². The van der Waals surface area contributed by atoms with E-state index in [0.717, 1.165) is 6.42 Å². The van der Waals surface area contributed by atoms with Crippen LogP contribution < -0.4 is 16.4 Å². The number of carbonyl (C=O) groups is 2. The molecule has 126 valence electrons. The van der Waals surface area contributed by atoms with E-state index >= 15 is 0 Å². The fraction of sp³-hybridized carbons (Fsp3) is 0.529. The predicted octanol–water partition coefficient (Wildman–Crippen LogP) is 2.03. The molecular formula is C17H26N4O2. The highest BCUT2D eigenvalue weighted by molar-refractivity contribution is 5.97. The third-order valence-electron chi connectivity index (χ3n) is 4.04. The Morgan fingerprint density at radius 1 is 1.39 bits per heavy atom. The number of nitrogens with one attached hydrogen (secondary N) is 2. The molecule has 0 aromatic heterocycles. The van der Waals surface area contributed by atoms with Crippen molar-refractivity contribution in [3.63, 3.8) is 0 Å². The number of nitrogens with zero attached hydrogens (tertiary/aromatic N) is 1. The molecule has 0 saturated carbocycles. The van der Waals surface area contributed by atoms with Gasteiger partial charge in [-0.1, -0.05) is 6.07 Å². The van der Waals surface area contributed by atoms with Gasteiger partial charge in [-0.2, -0.15) is 0 Å². The topological polar surface area (TPSA) is 87.5 Å². The lowest BCUT2D eigenvalue weighted by atomic mass is 10.1. The summed E-state index contributed by atoms with van der Waals surface area (Å²) in [6, 6.07) is 7.01. The van der Waals surface area contributed by atoms with E-state index < -0.39 is 0 Å².